The minimum Gasteiger partial charge on any atom is -0.506 e. The van der Waals surface area contributed by atoms with E-state index in [1.165, 1.54) is 6.08 Å². The Kier molecular flexibility index (Phi) is 6.58. The summed E-state index contributed by atoms with van der Waals surface area (Å²) in [5, 5.41) is 15.1. The summed E-state index contributed by atoms with van der Waals surface area (Å²) in [6.45, 7) is 1.58. The van der Waals surface area contributed by atoms with E-state index < -0.39 is 24.4 Å². The molecular weight excluding hydrogens is 553 g/mol. The number of imide groups is 1. The molecule has 0 spiro atoms. The van der Waals surface area contributed by atoms with Gasteiger partial charge in [0.1, 0.15) is 18.0 Å². The Morgan fingerprint density at radius 2 is 2.03 bits per heavy atom. The number of urea groups is 1. The summed E-state index contributed by atoms with van der Waals surface area (Å²) < 4.78 is 1.06. The van der Waals surface area contributed by atoms with Gasteiger partial charge in [-0.1, -0.05) is 25.1 Å². The van der Waals surface area contributed by atoms with Gasteiger partial charge in [-0.2, -0.15) is 0 Å². The van der Waals surface area contributed by atoms with Gasteiger partial charge in [-0.15, -0.1) is 0 Å². The third kappa shape index (κ3) is 4.78. The number of hydrogen-bond acceptors (Lipinski definition) is 4. The maximum absolute atomic E-state index is 12.6. The van der Waals surface area contributed by atoms with E-state index in [9.17, 15) is 19.5 Å². The fourth-order valence-corrected chi connectivity index (χ4v) is 4.33. The highest BCUT2D eigenvalue weighted by Crippen LogP contribution is 2.31. The summed E-state index contributed by atoms with van der Waals surface area (Å²) >= 11 is 5.20. The quantitative estimate of drug-likeness (QED) is 0.289. The van der Waals surface area contributed by atoms with Crippen LogP contribution in [0.25, 0.3) is 6.08 Å². The number of halogens is 2. The number of anilines is 1. The van der Waals surface area contributed by atoms with Crippen molar-refractivity contribution in [1.29, 1.82) is 0 Å². The van der Waals surface area contributed by atoms with E-state index in [0.717, 1.165) is 16.9 Å². The molecule has 0 saturated carbocycles. The number of aromatic hydroxyl groups is 1. The number of aryl methyl sites for hydroxylation is 1. The Bertz CT molecular complexity index is 1020. The summed E-state index contributed by atoms with van der Waals surface area (Å²) in [5.41, 5.74) is 2.30. The van der Waals surface area contributed by atoms with Crippen LogP contribution in [0.15, 0.2) is 46.6 Å². The summed E-state index contributed by atoms with van der Waals surface area (Å²) in [5.74, 6) is -0.953. The summed E-state index contributed by atoms with van der Waals surface area (Å²) in [4.78, 5) is 38.0. The molecule has 1 aliphatic heterocycles. The maximum Gasteiger partial charge on any atom is 0.329 e. The lowest BCUT2D eigenvalue weighted by Gasteiger charge is -2.13. The second-order valence-electron chi connectivity index (χ2n) is 6.27. The molecule has 3 N–H and O–H groups in total. The number of hydrogen-bond donors (Lipinski definition) is 3. The minimum absolute atomic E-state index is 0.0603. The largest absolute Gasteiger partial charge is 0.506 e. The number of amides is 4. The molecule has 0 unspecified atom stereocenters. The molecule has 2 aromatic rings. The topological polar surface area (TPSA) is 98.7 Å². The van der Waals surface area contributed by atoms with Gasteiger partial charge in [0.25, 0.3) is 5.91 Å². The first-order valence-electron chi connectivity index (χ1n) is 8.70. The molecule has 1 saturated heterocycles. The third-order valence-electron chi connectivity index (χ3n) is 4.29. The molecular formula is C20H17BrIN3O4. The summed E-state index contributed by atoms with van der Waals surface area (Å²) in [6, 6.07) is 10.0. The average Bonchev–Trinajstić information content (AvgIpc) is 2.93. The van der Waals surface area contributed by atoms with Gasteiger partial charge < -0.3 is 15.7 Å². The fourth-order valence-electron chi connectivity index (χ4n) is 2.83. The number of nitrogens with one attached hydrogen (secondary N) is 2. The van der Waals surface area contributed by atoms with Crippen LogP contribution in [0.3, 0.4) is 0 Å². The summed E-state index contributed by atoms with van der Waals surface area (Å²) in [6.07, 6.45) is 2.24. The van der Waals surface area contributed by atoms with Gasteiger partial charge >= 0.3 is 6.03 Å². The lowest BCUT2D eigenvalue weighted by molar-refractivity contribution is -0.127. The van der Waals surface area contributed by atoms with Gasteiger partial charge in [-0.25, -0.2) is 9.69 Å². The number of nitrogens with zero attached hydrogens (tertiary/aromatic N) is 1. The monoisotopic (exact) mass is 569 g/mol. The van der Waals surface area contributed by atoms with Crippen LogP contribution in [0.1, 0.15) is 18.1 Å². The SMILES string of the molecule is CCc1ccccc1NC(=O)CN1C(=O)N/C(=C/c2cc(Br)c(O)c(I)c2)C1=O. The van der Waals surface area contributed by atoms with E-state index >= 15 is 0 Å². The molecule has 0 bridgehead atoms. The van der Waals surface area contributed by atoms with Gasteiger partial charge in [-0.3, -0.25) is 9.59 Å². The van der Waals surface area contributed by atoms with Crippen molar-refractivity contribution in [2.24, 2.45) is 0 Å². The van der Waals surface area contributed by atoms with Crippen molar-refractivity contribution in [3.05, 3.63) is 61.3 Å². The van der Waals surface area contributed by atoms with Crippen LogP contribution in [0.5, 0.6) is 5.75 Å². The predicted octanol–water partition coefficient (Wildman–Crippen LogP) is 3.85. The molecule has 3 rings (SSSR count). The van der Waals surface area contributed by atoms with Crippen LogP contribution in [-0.4, -0.2) is 34.4 Å². The molecule has 0 atom stereocenters. The minimum atomic E-state index is -0.660. The Morgan fingerprint density at radius 1 is 1.31 bits per heavy atom. The Morgan fingerprint density at radius 3 is 2.72 bits per heavy atom. The molecule has 2 aromatic carbocycles. The predicted molar refractivity (Wildman–Crippen MR) is 121 cm³/mol. The lowest BCUT2D eigenvalue weighted by Crippen LogP contribution is -2.38. The maximum atomic E-state index is 12.6. The Balaban J connectivity index is 1.74. The Hall–Kier alpha value is -2.40. The van der Waals surface area contributed by atoms with Gasteiger partial charge in [0.15, 0.2) is 0 Å². The highest BCUT2D eigenvalue weighted by molar-refractivity contribution is 14.1. The zero-order valence-corrected chi connectivity index (χ0v) is 19.1. The highest BCUT2D eigenvalue weighted by atomic mass is 127. The summed E-state index contributed by atoms with van der Waals surface area (Å²) in [7, 11) is 0. The highest BCUT2D eigenvalue weighted by Gasteiger charge is 2.35. The number of phenols is 1. The molecule has 1 aliphatic rings. The lowest BCUT2D eigenvalue weighted by atomic mass is 10.1. The van der Waals surface area contributed by atoms with E-state index in [1.807, 2.05) is 41.6 Å². The fraction of sp³-hybridized carbons (Fsp3) is 0.150. The Labute approximate surface area is 189 Å². The standard InChI is InChI=1S/C20H17BrIN3O4/c1-2-12-5-3-4-6-15(12)23-17(26)10-25-19(28)16(24-20(25)29)9-11-7-13(21)18(27)14(22)8-11/h3-9,27H,2,10H2,1H3,(H,23,26)(H,24,29)/b16-9+. The van der Waals surface area contributed by atoms with Crippen molar-refractivity contribution in [3.63, 3.8) is 0 Å². The van der Waals surface area contributed by atoms with Crippen LogP contribution in [0.2, 0.25) is 0 Å². The van der Waals surface area contributed by atoms with Crippen molar-refractivity contribution >= 4 is 68.1 Å². The van der Waals surface area contributed by atoms with E-state index in [4.69, 9.17) is 0 Å². The van der Waals surface area contributed by atoms with E-state index in [0.29, 0.717) is 19.3 Å². The first-order chi connectivity index (χ1) is 13.8. The van der Waals surface area contributed by atoms with Crippen LogP contribution < -0.4 is 10.6 Å². The molecule has 0 aromatic heterocycles. The first-order valence-corrected chi connectivity index (χ1v) is 10.6. The number of para-hydroxylation sites is 1. The smallest absolute Gasteiger partial charge is 0.329 e. The van der Waals surface area contributed by atoms with Crippen LogP contribution in [0.4, 0.5) is 10.5 Å². The normalized spacial score (nSPS) is 15.0. The van der Waals surface area contributed by atoms with E-state index in [2.05, 4.69) is 26.6 Å². The van der Waals surface area contributed by atoms with Gasteiger partial charge in [0.2, 0.25) is 5.91 Å². The van der Waals surface area contributed by atoms with Crippen molar-refractivity contribution in [1.82, 2.24) is 10.2 Å². The van der Waals surface area contributed by atoms with E-state index in [1.54, 1.807) is 24.3 Å². The zero-order valence-electron chi connectivity index (χ0n) is 15.3. The molecule has 1 heterocycles. The van der Waals surface area contributed by atoms with Crippen LogP contribution >= 0.6 is 38.5 Å². The van der Waals surface area contributed by atoms with Gasteiger partial charge in [0, 0.05) is 5.69 Å². The van der Waals surface area contributed by atoms with Gasteiger partial charge in [-0.05, 0) is 80.3 Å². The van der Waals surface area contributed by atoms with Crippen LogP contribution in [-0.2, 0) is 16.0 Å². The number of rotatable bonds is 5. The van der Waals surface area contributed by atoms with Crippen molar-refractivity contribution in [3.8, 4) is 5.75 Å². The third-order valence-corrected chi connectivity index (χ3v) is 5.71. The van der Waals surface area contributed by atoms with Crippen molar-refractivity contribution in [2.45, 2.75) is 13.3 Å². The number of carbonyl (C=O) groups is 3. The molecule has 0 aliphatic carbocycles. The van der Waals surface area contributed by atoms with Crippen molar-refractivity contribution < 1.29 is 19.5 Å². The molecule has 1 fully saturated rings. The van der Waals surface area contributed by atoms with Crippen molar-refractivity contribution in [2.75, 3.05) is 11.9 Å². The number of phenolic OH excluding ortho intramolecular Hbond substituents is 1. The molecule has 0 radical (unpaired) electrons. The molecule has 4 amide bonds. The molecule has 7 nitrogen and oxygen atoms in total. The molecule has 150 valence electrons. The second-order valence-corrected chi connectivity index (χ2v) is 8.29. The number of benzene rings is 2. The first kappa shape index (κ1) is 21.3. The molecule has 29 heavy (non-hydrogen) atoms. The van der Waals surface area contributed by atoms with Gasteiger partial charge in [0.05, 0.1) is 8.04 Å². The van der Waals surface area contributed by atoms with Crippen LogP contribution in [0, 0.1) is 3.57 Å². The second kappa shape index (κ2) is 8.95. The van der Waals surface area contributed by atoms with E-state index in [-0.39, 0.29) is 11.4 Å². The number of carbonyl (C=O) groups excluding carboxylic acids is 3. The zero-order chi connectivity index (χ0) is 21.1. The average molecular weight is 570 g/mol. The molecule has 9 heteroatoms.